The van der Waals surface area contributed by atoms with Crippen molar-refractivity contribution in [2.45, 2.75) is 78.2 Å². The Balaban J connectivity index is 1.38. The first-order chi connectivity index (χ1) is 28.8. The number of methoxy groups -OCH3 is 1. The van der Waals surface area contributed by atoms with Crippen molar-refractivity contribution < 1.29 is 33.8 Å². The lowest BCUT2D eigenvalue weighted by atomic mass is 9.89. The second-order valence-corrected chi connectivity index (χ2v) is 15.9. The number of rotatable bonds is 20. The van der Waals surface area contributed by atoms with E-state index in [4.69, 9.17) is 4.74 Å². The number of aromatic nitrogens is 2. The van der Waals surface area contributed by atoms with Crippen LogP contribution in [0.1, 0.15) is 57.4 Å². The molecule has 15 nitrogen and oxygen atoms in total. The highest BCUT2D eigenvalue weighted by molar-refractivity contribution is 6.04. The van der Waals surface area contributed by atoms with Crippen LogP contribution in [0, 0.1) is 11.3 Å². The number of hydrazine groups is 1. The van der Waals surface area contributed by atoms with Crippen LogP contribution in [0.4, 0.5) is 9.59 Å². The summed E-state index contributed by atoms with van der Waals surface area (Å²) in [6.45, 7) is 7.43. The fourth-order valence-electron chi connectivity index (χ4n) is 7.07. The van der Waals surface area contributed by atoms with Gasteiger partial charge in [0.15, 0.2) is 0 Å². The normalized spacial score (nSPS) is 15.0. The van der Waals surface area contributed by atoms with Gasteiger partial charge in [-0.1, -0.05) is 101 Å². The molecular weight excluding hydrogens is 765 g/mol. The Labute approximate surface area is 351 Å². The molecule has 2 aromatic heterocycles. The van der Waals surface area contributed by atoms with E-state index in [0.29, 0.717) is 12.1 Å². The van der Waals surface area contributed by atoms with Gasteiger partial charge in [-0.3, -0.25) is 34.7 Å². The Morgan fingerprint density at radius 3 is 2.23 bits per heavy atom. The summed E-state index contributed by atoms with van der Waals surface area (Å²) in [5.41, 5.74) is 6.26. The van der Waals surface area contributed by atoms with Crippen molar-refractivity contribution in [2.75, 3.05) is 26.7 Å². The summed E-state index contributed by atoms with van der Waals surface area (Å²) in [7, 11) is 1.27. The summed E-state index contributed by atoms with van der Waals surface area (Å²) in [6.07, 6.45) is 2.27. The lowest BCUT2D eigenvalue weighted by Crippen LogP contribution is -2.58. The molecule has 60 heavy (non-hydrogen) atoms. The van der Waals surface area contributed by atoms with Gasteiger partial charge < -0.3 is 25.4 Å². The summed E-state index contributed by atoms with van der Waals surface area (Å²) >= 11 is 0. The minimum Gasteiger partial charge on any atom is -0.453 e. The number of aliphatic hydroxyl groups is 1. The molecule has 5 rings (SSSR count). The highest BCUT2D eigenvalue weighted by atomic mass is 16.5. The summed E-state index contributed by atoms with van der Waals surface area (Å²) in [4.78, 5) is 78.0. The molecule has 0 aliphatic carbocycles. The van der Waals surface area contributed by atoms with Gasteiger partial charge in [-0.15, -0.1) is 0 Å². The molecule has 4 N–H and O–H groups in total. The first-order valence-corrected chi connectivity index (χ1v) is 20.2. The zero-order chi connectivity index (χ0) is 43.2. The second-order valence-electron chi connectivity index (χ2n) is 15.9. The number of nitrogens with one attached hydrogen (secondary N) is 3. The maximum Gasteiger partial charge on any atom is 0.406 e. The second kappa shape index (κ2) is 21.2. The molecule has 1 aliphatic rings. The van der Waals surface area contributed by atoms with E-state index in [0.717, 1.165) is 27.3 Å². The number of carbonyl (C=O) groups is 5. The average Bonchev–Trinajstić information content (AvgIpc) is 3.51. The lowest BCUT2D eigenvalue weighted by molar-refractivity contribution is -0.131. The van der Waals surface area contributed by atoms with E-state index < -0.39 is 47.5 Å². The number of hydrogen-bond donors (Lipinski definition) is 4. The third-order valence-corrected chi connectivity index (χ3v) is 10.5. The van der Waals surface area contributed by atoms with Gasteiger partial charge in [-0.25, -0.2) is 14.6 Å². The van der Waals surface area contributed by atoms with Gasteiger partial charge >= 0.3 is 12.1 Å². The van der Waals surface area contributed by atoms with Gasteiger partial charge in [0, 0.05) is 44.0 Å². The number of imide groups is 1. The van der Waals surface area contributed by atoms with Crippen molar-refractivity contribution in [3.8, 4) is 11.3 Å². The van der Waals surface area contributed by atoms with Crippen LogP contribution in [-0.2, 0) is 38.6 Å². The number of urea groups is 1. The molecule has 1 fully saturated rings. The summed E-state index contributed by atoms with van der Waals surface area (Å²) < 4.78 is 4.69. The molecule has 0 saturated carbocycles. The van der Waals surface area contributed by atoms with E-state index in [1.54, 1.807) is 35.6 Å². The maximum atomic E-state index is 14.5. The van der Waals surface area contributed by atoms with Crippen LogP contribution in [0.2, 0.25) is 0 Å². The number of pyridine rings is 2. The van der Waals surface area contributed by atoms with Gasteiger partial charge in [-0.2, -0.15) is 0 Å². The Hall–Kier alpha value is -6.19. The van der Waals surface area contributed by atoms with E-state index in [1.807, 2.05) is 100 Å². The van der Waals surface area contributed by atoms with Gasteiger partial charge in [0.2, 0.25) is 11.8 Å². The first kappa shape index (κ1) is 44.9. The number of nitrogens with zero attached hydrogens (tertiary/aromatic N) is 5. The molecule has 1 saturated heterocycles. The molecule has 4 aromatic rings. The smallest absolute Gasteiger partial charge is 0.406 e. The topological polar surface area (TPSA) is 186 Å². The maximum absolute atomic E-state index is 14.5. The molecule has 2 aromatic carbocycles. The molecule has 4 unspecified atom stereocenters. The molecule has 4 atom stereocenters. The Morgan fingerprint density at radius 1 is 0.917 bits per heavy atom. The SMILES string of the molecule is CCC(C)C(C(=O)NC(Cc1ccccc1)C(O)CN(Cc1ccc(-c2ccccn2)cc1)NC(=O)CC(C)(C)CNC(=O)OC)N1CC(=O)N(Cc2ccccn2)C1=O. The van der Waals surface area contributed by atoms with Crippen LogP contribution in [0.15, 0.2) is 103 Å². The largest absolute Gasteiger partial charge is 0.453 e. The van der Waals surface area contributed by atoms with Crippen molar-refractivity contribution in [2.24, 2.45) is 11.3 Å². The fraction of sp³-hybridized carbons (Fsp3) is 0.400. The molecule has 318 valence electrons. The van der Waals surface area contributed by atoms with Crippen molar-refractivity contribution >= 4 is 29.8 Å². The molecule has 0 spiro atoms. The number of carbonyl (C=O) groups excluding carboxylic acids is 5. The number of alkyl carbamates (subject to hydrolysis) is 1. The number of hydrogen-bond acceptors (Lipinski definition) is 10. The predicted octanol–water partition coefficient (Wildman–Crippen LogP) is 4.72. The fourth-order valence-corrected chi connectivity index (χ4v) is 7.07. The van der Waals surface area contributed by atoms with Crippen LogP contribution in [0.3, 0.4) is 0 Å². The van der Waals surface area contributed by atoms with E-state index in [-0.39, 0.29) is 57.4 Å². The molecule has 3 heterocycles. The van der Waals surface area contributed by atoms with Gasteiger partial charge in [0.05, 0.1) is 37.2 Å². The lowest BCUT2D eigenvalue weighted by Gasteiger charge is -2.35. The molecule has 15 heteroatoms. The Morgan fingerprint density at radius 2 is 1.60 bits per heavy atom. The van der Waals surface area contributed by atoms with Crippen LogP contribution >= 0.6 is 0 Å². The molecule has 6 amide bonds. The third kappa shape index (κ3) is 12.7. The summed E-state index contributed by atoms with van der Waals surface area (Å²) in [5, 5.41) is 19.4. The standard InChI is InChI=1S/C45H56N8O7/c1-6-31(2)41(53-29-40(56)52(44(53)59)27-35-16-10-12-22-46-35)42(57)49-37(24-32-14-8-7-9-15-32)38(54)28-51(50-39(55)25-45(3,4)30-48-43(58)60-5)26-33-18-20-34(21-19-33)36-17-11-13-23-47-36/h7-23,31,37-38,41,54H,6,24-30H2,1-5H3,(H,48,58)(H,49,57)(H,50,55). The molecular formula is C45H56N8O7. The molecule has 1 aliphatic heterocycles. The first-order valence-electron chi connectivity index (χ1n) is 20.2. The Bertz CT molecular complexity index is 2040. The average molecular weight is 821 g/mol. The van der Waals surface area contributed by atoms with Crippen molar-refractivity contribution in [3.05, 3.63) is 120 Å². The molecule has 0 radical (unpaired) electrons. The zero-order valence-corrected chi connectivity index (χ0v) is 34.9. The van der Waals surface area contributed by atoms with E-state index in [1.165, 1.54) is 12.0 Å². The van der Waals surface area contributed by atoms with Crippen LogP contribution in [-0.4, -0.2) is 105 Å². The van der Waals surface area contributed by atoms with E-state index >= 15 is 0 Å². The number of aliphatic hydroxyl groups excluding tert-OH is 1. The third-order valence-electron chi connectivity index (χ3n) is 10.5. The van der Waals surface area contributed by atoms with E-state index in [2.05, 4.69) is 26.0 Å². The summed E-state index contributed by atoms with van der Waals surface area (Å²) in [5.74, 6) is -1.63. The van der Waals surface area contributed by atoms with Crippen LogP contribution in [0.25, 0.3) is 11.3 Å². The van der Waals surface area contributed by atoms with Gasteiger partial charge in [0.25, 0.3) is 5.91 Å². The van der Waals surface area contributed by atoms with Gasteiger partial charge in [-0.05, 0) is 53.1 Å². The van der Waals surface area contributed by atoms with Gasteiger partial charge in [0.1, 0.15) is 12.6 Å². The Kier molecular flexibility index (Phi) is 15.9. The highest BCUT2D eigenvalue weighted by Crippen LogP contribution is 2.24. The van der Waals surface area contributed by atoms with Crippen LogP contribution in [0.5, 0.6) is 0 Å². The predicted molar refractivity (Wildman–Crippen MR) is 225 cm³/mol. The monoisotopic (exact) mass is 820 g/mol. The van der Waals surface area contributed by atoms with E-state index in [9.17, 15) is 29.1 Å². The quantitative estimate of drug-likeness (QED) is 0.0719. The number of benzene rings is 2. The highest BCUT2D eigenvalue weighted by Gasteiger charge is 2.45. The van der Waals surface area contributed by atoms with Crippen molar-refractivity contribution in [3.63, 3.8) is 0 Å². The zero-order valence-electron chi connectivity index (χ0n) is 34.9. The number of ether oxygens (including phenoxy) is 1. The summed E-state index contributed by atoms with van der Waals surface area (Å²) in [6, 6.07) is 25.5. The molecule has 0 bridgehead atoms. The minimum absolute atomic E-state index is 0.0222. The van der Waals surface area contributed by atoms with Crippen molar-refractivity contribution in [1.82, 2.24) is 40.8 Å². The van der Waals surface area contributed by atoms with Crippen molar-refractivity contribution in [1.29, 1.82) is 0 Å². The van der Waals surface area contributed by atoms with Crippen LogP contribution < -0.4 is 16.1 Å². The number of amides is 6. The minimum atomic E-state index is -1.23.